The van der Waals surface area contributed by atoms with Gasteiger partial charge in [-0.1, -0.05) is 49.2 Å². The van der Waals surface area contributed by atoms with Crippen molar-refractivity contribution in [3.63, 3.8) is 0 Å². The van der Waals surface area contributed by atoms with Crippen molar-refractivity contribution in [1.29, 1.82) is 0 Å². The summed E-state index contributed by atoms with van der Waals surface area (Å²) in [7, 11) is 0. The van der Waals surface area contributed by atoms with Crippen LogP contribution in [-0.2, 0) is 20.6 Å². The Morgan fingerprint density at radius 3 is 2.31 bits per heavy atom. The number of hydrogen-bond donors (Lipinski definition) is 2. The maximum Gasteiger partial charge on any atom is 0.449 e. The maximum atomic E-state index is 13.1. The lowest BCUT2D eigenvalue weighted by Gasteiger charge is -2.22. The van der Waals surface area contributed by atoms with Crippen LogP contribution >= 0.6 is 0 Å². The van der Waals surface area contributed by atoms with Crippen LogP contribution in [0.1, 0.15) is 48.7 Å². The number of imidazole rings is 1. The van der Waals surface area contributed by atoms with Gasteiger partial charge in [0.15, 0.2) is 0 Å². The van der Waals surface area contributed by atoms with Gasteiger partial charge in [0.05, 0.1) is 28.9 Å². The van der Waals surface area contributed by atoms with Gasteiger partial charge in [0.25, 0.3) is 0 Å². The predicted octanol–water partition coefficient (Wildman–Crippen LogP) is 3.96. The Morgan fingerprint density at radius 2 is 1.69 bits per heavy atom. The SMILES string of the molecule is O=C(CN1C(=O)[C@H]2CCCC[C@H]2C1=O)N[C@@H](c1ccccc1)c1ccc2nc(C(F)(F)F)[nH]c2c1. The molecule has 2 heterocycles. The quantitative estimate of drug-likeness (QED) is 0.536. The molecule has 182 valence electrons. The Morgan fingerprint density at radius 1 is 1.03 bits per heavy atom. The minimum Gasteiger partial charge on any atom is -0.344 e. The van der Waals surface area contributed by atoms with Gasteiger partial charge in [0.1, 0.15) is 6.54 Å². The van der Waals surface area contributed by atoms with Crippen LogP contribution in [0.5, 0.6) is 0 Å². The fourth-order valence-corrected chi connectivity index (χ4v) is 5.08. The Bertz CT molecular complexity index is 1260. The summed E-state index contributed by atoms with van der Waals surface area (Å²) in [4.78, 5) is 45.5. The first-order chi connectivity index (χ1) is 16.7. The number of amides is 3. The van der Waals surface area contributed by atoms with Crippen molar-refractivity contribution in [2.24, 2.45) is 11.8 Å². The van der Waals surface area contributed by atoms with Crippen LogP contribution in [0.25, 0.3) is 11.0 Å². The van der Waals surface area contributed by atoms with Crippen molar-refractivity contribution < 1.29 is 27.6 Å². The number of nitrogens with one attached hydrogen (secondary N) is 2. The van der Waals surface area contributed by atoms with E-state index in [1.807, 2.05) is 0 Å². The van der Waals surface area contributed by atoms with E-state index in [1.54, 1.807) is 36.4 Å². The molecule has 1 saturated carbocycles. The molecule has 1 aromatic heterocycles. The second-order valence-corrected chi connectivity index (χ2v) is 9.03. The smallest absolute Gasteiger partial charge is 0.344 e. The summed E-state index contributed by atoms with van der Waals surface area (Å²) in [6, 6.07) is 12.8. The third-order valence-corrected chi connectivity index (χ3v) is 6.78. The molecule has 0 bridgehead atoms. The number of rotatable bonds is 5. The number of aromatic nitrogens is 2. The van der Waals surface area contributed by atoms with Crippen molar-refractivity contribution in [1.82, 2.24) is 20.2 Å². The maximum absolute atomic E-state index is 13.1. The van der Waals surface area contributed by atoms with E-state index in [0.29, 0.717) is 24.0 Å². The largest absolute Gasteiger partial charge is 0.449 e. The minimum absolute atomic E-state index is 0.148. The standard InChI is InChI=1S/C25H23F3N4O3/c26-25(27,28)24-29-18-11-10-15(12-19(18)30-24)21(14-6-2-1-3-7-14)31-20(33)13-32-22(34)16-8-4-5-9-17(16)23(32)35/h1-3,6-7,10-12,16-17,21H,4-5,8-9,13H2,(H,29,30)(H,31,33)/t16-,17+,21-/m0/s1. The number of aromatic amines is 1. The average Bonchev–Trinajstić information content (AvgIpc) is 3.38. The number of fused-ring (bicyclic) bond motifs is 2. The van der Waals surface area contributed by atoms with Crippen LogP contribution in [0.2, 0.25) is 0 Å². The number of carbonyl (C=O) groups excluding carboxylic acids is 3. The molecule has 0 spiro atoms. The predicted molar refractivity (Wildman–Crippen MR) is 120 cm³/mol. The van der Waals surface area contributed by atoms with Crippen LogP contribution in [0.15, 0.2) is 48.5 Å². The topological polar surface area (TPSA) is 95.2 Å². The zero-order valence-electron chi connectivity index (χ0n) is 18.6. The van der Waals surface area contributed by atoms with Gasteiger partial charge in [-0.25, -0.2) is 4.98 Å². The number of hydrogen-bond acceptors (Lipinski definition) is 4. The van der Waals surface area contributed by atoms with Crippen LogP contribution in [0.4, 0.5) is 13.2 Å². The van der Waals surface area contributed by atoms with E-state index in [2.05, 4.69) is 15.3 Å². The summed E-state index contributed by atoms with van der Waals surface area (Å²) in [6.07, 6.45) is -1.52. The van der Waals surface area contributed by atoms with E-state index >= 15 is 0 Å². The highest BCUT2D eigenvalue weighted by Gasteiger charge is 2.48. The molecule has 3 amide bonds. The molecule has 2 fully saturated rings. The Balaban J connectivity index is 1.41. The molecule has 1 saturated heterocycles. The number of benzene rings is 2. The second-order valence-electron chi connectivity index (χ2n) is 9.03. The van der Waals surface area contributed by atoms with Crippen molar-refractivity contribution in [3.05, 3.63) is 65.5 Å². The van der Waals surface area contributed by atoms with Crippen molar-refractivity contribution >= 4 is 28.8 Å². The molecular weight excluding hydrogens is 461 g/mol. The average molecular weight is 484 g/mol. The number of carbonyl (C=O) groups is 3. The van der Waals surface area contributed by atoms with Gasteiger partial charge in [-0.2, -0.15) is 13.2 Å². The molecule has 3 atom stereocenters. The highest BCUT2D eigenvalue weighted by Crippen LogP contribution is 2.38. The Hall–Kier alpha value is -3.69. The lowest BCUT2D eigenvalue weighted by Crippen LogP contribution is -2.42. The fraction of sp³-hybridized carbons (Fsp3) is 0.360. The first-order valence-corrected chi connectivity index (χ1v) is 11.5. The van der Waals surface area contributed by atoms with Gasteiger partial charge in [0, 0.05) is 0 Å². The molecule has 0 unspecified atom stereocenters. The number of likely N-dealkylation sites (tertiary alicyclic amines) is 1. The van der Waals surface area contributed by atoms with Crippen molar-refractivity contribution in [2.45, 2.75) is 37.9 Å². The summed E-state index contributed by atoms with van der Waals surface area (Å²) < 4.78 is 39.2. The first-order valence-electron chi connectivity index (χ1n) is 11.5. The van der Waals surface area contributed by atoms with Gasteiger partial charge < -0.3 is 10.3 Å². The molecule has 2 aromatic carbocycles. The molecule has 5 rings (SSSR count). The molecule has 35 heavy (non-hydrogen) atoms. The van der Waals surface area contributed by atoms with Gasteiger partial charge in [-0.3, -0.25) is 19.3 Å². The van der Waals surface area contributed by atoms with Gasteiger partial charge >= 0.3 is 6.18 Å². The summed E-state index contributed by atoms with van der Waals surface area (Å²) in [6.45, 7) is -0.390. The summed E-state index contributed by atoms with van der Waals surface area (Å²) in [5.74, 6) is -2.93. The molecule has 0 radical (unpaired) electrons. The Labute approximate surface area is 198 Å². The third-order valence-electron chi connectivity index (χ3n) is 6.78. The molecule has 1 aliphatic carbocycles. The molecular formula is C25H23F3N4O3. The van der Waals surface area contributed by atoms with E-state index in [1.165, 1.54) is 12.1 Å². The number of alkyl halides is 3. The minimum atomic E-state index is -4.61. The van der Waals surface area contributed by atoms with E-state index in [-0.39, 0.29) is 34.7 Å². The second kappa shape index (κ2) is 8.83. The number of nitrogens with zero attached hydrogens (tertiary/aromatic N) is 2. The van der Waals surface area contributed by atoms with Crippen molar-refractivity contribution in [2.75, 3.05) is 6.54 Å². The zero-order valence-corrected chi connectivity index (χ0v) is 18.6. The molecule has 1 aliphatic heterocycles. The third kappa shape index (κ3) is 4.40. The van der Waals surface area contributed by atoms with Gasteiger partial charge in [-0.15, -0.1) is 0 Å². The van der Waals surface area contributed by atoms with Crippen LogP contribution in [-0.4, -0.2) is 39.1 Å². The van der Waals surface area contributed by atoms with Crippen LogP contribution in [0, 0.1) is 11.8 Å². The number of imide groups is 1. The van der Waals surface area contributed by atoms with Crippen LogP contribution in [0.3, 0.4) is 0 Å². The molecule has 2 N–H and O–H groups in total. The first kappa shape index (κ1) is 23.1. The van der Waals surface area contributed by atoms with Gasteiger partial charge in [0.2, 0.25) is 23.5 Å². The molecule has 3 aromatic rings. The fourth-order valence-electron chi connectivity index (χ4n) is 5.08. The van der Waals surface area contributed by atoms with E-state index in [0.717, 1.165) is 17.7 Å². The molecule has 7 nitrogen and oxygen atoms in total. The lowest BCUT2D eigenvalue weighted by atomic mass is 9.81. The monoisotopic (exact) mass is 484 g/mol. The summed E-state index contributed by atoms with van der Waals surface area (Å²) in [5.41, 5.74) is 1.56. The summed E-state index contributed by atoms with van der Waals surface area (Å²) >= 11 is 0. The van der Waals surface area contributed by atoms with Crippen LogP contribution < -0.4 is 5.32 Å². The van der Waals surface area contributed by atoms with E-state index < -0.39 is 30.5 Å². The van der Waals surface area contributed by atoms with Gasteiger partial charge in [-0.05, 0) is 36.1 Å². The van der Waals surface area contributed by atoms with E-state index in [9.17, 15) is 27.6 Å². The Kier molecular flexibility index (Phi) is 5.82. The van der Waals surface area contributed by atoms with Crippen molar-refractivity contribution in [3.8, 4) is 0 Å². The molecule has 2 aliphatic rings. The molecule has 10 heteroatoms. The zero-order chi connectivity index (χ0) is 24.7. The summed E-state index contributed by atoms with van der Waals surface area (Å²) in [5, 5.41) is 2.86. The number of halogens is 3. The highest BCUT2D eigenvalue weighted by molar-refractivity contribution is 6.07. The van der Waals surface area contributed by atoms with E-state index in [4.69, 9.17) is 0 Å². The normalized spacial score (nSPS) is 21.3. The lowest BCUT2D eigenvalue weighted by molar-refractivity contribution is -0.144. The number of H-pyrrole nitrogens is 1. The highest BCUT2D eigenvalue weighted by atomic mass is 19.4.